The number of hydrogen-bond donors (Lipinski definition) is 2. The number of fused-ring (bicyclic) bond motifs is 1. The summed E-state index contributed by atoms with van der Waals surface area (Å²) in [4.78, 5) is 10.9. The van der Waals surface area contributed by atoms with Crippen LogP contribution in [0.3, 0.4) is 0 Å². The molecule has 0 saturated carbocycles. The molecule has 1 aliphatic heterocycles. The Morgan fingerprint density at radius 2 is 2.23 bits per heavy atom. The van der Waals surface area contributed by atoms with Gasteiger partial charge in [-0.25, -0.2) is 0 Å². The lowest BCUT2D eigenvalue weighted by atomic mass is 9.92. The number of carbonyl (C=O) groups is 1. The lowest BCUT2D eigenvalue weighted by molar-refractivity contribution is -0.109. The van der Waals surface area contributed by atoms with Crippen molar-refractivity contribution >= 4 is 24.6 Å². The molecule has 0 radical (unpaired) electrons. The van der Waals surface area contributed by atoms with Crippen molar-refractivity contribution < 1.29 is 4.79 Å². The fraction of sp³-hybridized carbons (Fsp3) is 0.300. The maximum absolute atomic E-state index is 10.9. The van der Waals surface area contributed by atoms with Gasteiger partial charge in [0.2, 0.25) is 0 Å². The van der Waals surface area contributed by atoms with Crippen LogP contribution in [0.25, 0.3) is 0 Å². The van der Waals surface area contributed by atoms with Gasteiger partial charge in [-0.1, -0.05) is 18.2 Å². The molecule has 0 saturated heterocycles. The third-order valence-electron chi connectivity index (χ3n) is 2.38. The first kappa shape index (κ1) is 8.63. The molecule has 13 heavy (non-hydrogen) atoms. The highest BCUT2D eigenvalue weighted by Crippen LogP contribution is 2.32. The summed E-state index contributed by atoms with van der Waals surface area (Å²) in [5.74, 6) is -0.0687. The number of carbonyl (C=O) groups excluding carboxylic acids is 1. The molecular formula is C10H11NOS. The van der Waals surface area contributed by atoms with Crippen LogP contribution in [-0.4, -0.2) is 18.1 Å². The Labute approximate surface area is 82.8 Å². The van der Waals surface area contributed by atoms with Gasteiger partial charge in [0.05, 0.1) is 5.92 Å². The third-order valence-corrected chi connectivity index (χ3v) is 2.89. The van der Waals surface area contributed by atoms with E-state index in [0.29, 0.717) is 0 Å². The standard InChI is InChI=1S/C10H11NOS/c12-6-8-7-3-1-2-4-9(7)11-5-10(8)13/h1-4,6,8,10-11,13H,5H2. The van der Waals surface area contributed by atoms with E-state index in [9.17, 15) is 4.79 Å². The lowest BCUT2D eigenvalue weighted by Crippen LogP contribution is -2.29. The summed E-state index contributed by atoms with van der Waals surface area (Å²) < 4.78 is 0. The average molecular weight is 193 g/mol. The quantitative estimate of drug-likeness (QED) is 0.525. The van der Waals surface area contributed by atoms with Crippen LogP contribution in [0, 0.1) is 0 Å². The van der Waals surface area contributed by atoms with Gasteiger partial charge in [0.25, 0.3) is 0 Å². The van der Waals surface area contributed by atoms with Gasteiger partial charge in [0, 0.05) is 17.5 Å². The number of anilines is 1. The van der Waals surface area contributed by atoms with Crippen molar-refractivity contribution in [2.45, 2.75) is 11.2 Å². The van der Waals surface area contributed by atoms with Crippen molar-refractivity contribution in [2.75, 3.05) is 11.9 Å². The molecule has 0 aliphatic carbocycles. The minimum Gasteiger partial charge on any atom is -0.384 e. The molecule has 0 amide bonds. The van der Waals surface area contributed by atoms with Crippen molar-refractivity contribution in [3.63, 3.8) is 0 Å². The molecule has 0 aromatic heterocycles. The number of benzene rings is 1. The topological polar surface area (TPSA) is 29.1 Å². The summed E-state index contributed by atoms with van der Waals surface area (Å²) >= 11 is 4.37. The largest absolute Gasteiger partial charge is 0.384 e. The molecule has 2 rings (SSSR count). The molecule has 0 bridgehead atoms. The van der Waals surface area contributed by atoms with E-state index < -0.39 is 0 Å². The summed E-state index contributed by atoms with van der Waals surface area (Å²) in [5.41, 5.74) is 2.12. The Morgan fingerprint density at radius 1 is 1.46 bits per heavy atom. The predicted octanol–water partition coefficient (Wildman–Crippen LogP) is 1.69. The highest BCUT2D eigenvalue weighted by atomic mass is 32.1. The Kier molecular flexibility index (Phi) is 2.27. The van der Waals surface area contributed by atoms with Crippen LogP contribution in [-0.2, 0) is 4.79 Å². The van der Waals surface area contributed by atoms with Crippen LogP contribution in [0.5, 0.6) is 0 Å². The molecule has 68 valence electrons. The fourth-order valence-corrected chi connectivity index (χ4v) is 1.98. The average Bonchev–Trinajstić information content (AvgIpc) is 2.18. The Bertz CT molecular complexity index is 326. The second-order valence-electron chi connectivity index (χ2n) is 3.20. The molecule has 0 spiro atoms. The van der Waals surface area contributed by atoms with Gasteiger partial charge >= 0.3 is 0 Å². The molecule has 2 nitrogen and oxygen atoms in total. The summed E-state index contributed by atoms with van der Waals surface area (Å²) in [5, 5.41) is 3.33. The highest BCUT2D eigenvalue weighted by molar-refractivity contribution is 7.81. The maximum Gasteiger partial charge on any atom is 0.128 e. The number of rotatable bonds is 1. The van der Waals surface area contributed by atoms with Crippen LogP contribution in [0.4, 0.5) is 5.69 Å². The van der Waals surface area contributed by atoms with Gasteiger partial charge in [-0.15, -0.1) is 0 Å². The summed E-state index contributed by atoms with van der Waals surface area (Å²) in [6, 6.07) is 7.88. The van der Waals surface area contributed by atoms with Gasteiger partial charge in [0.1, 0.15) is 6.29 Å². The van der Waals surface area contributed by atoms with Gasteiger partial charge < -0.3 is 10.1 Å². The summed E-state index contributed by atoms with van der Waals surface area (Å²) in [6.45, 7) is 0.754. The van der Waals surface area contributed by atoms with E-state index in [0.717, 1.165) is 24.1 Å². The van der Waals surface area contributed by atoms with E-state index >= 15 is 0 Å². The Morgan fingerprint density at radius 3 is 3.00 bits per heavy atom. The predicted molar refractivity (Wildman–Crippen MR) is 56.5 cm³/mol. The van der Waals surface area contributed by atoms with Crippen LogP contribution in [0.15, 0.2) is 24.3 Å². The summed E-state index contributed by atoms with van der Waals surface area (Å²) in [6.07, 6.45) is 0.983. The SMILES string of the molecule is O=CC1c2ccccc2NCC1S. The minimum absolute atomic E-state index is 0.0687. The molecule has 0 fully saturated rings. The maximum atomic E-state index is 10.9. The first-order valence-electron chi connectivity index (χ1n) is 4.29. The zero-order valence-corrected chi connectivity index (χ0v) is 8.00. The minimum atomic E-state index is -0.0687. The molecule has 2 atom stereocenters. The molecular weight excluding hydrogens is 182 g/mol. The van der Waals surface area contributed by atoms with E-state index in [1.165, 1.54) is 0 Å². The van der Waals surface area contributed by atoms with Gasteiger partial charge in [0.15, 0.2) is 0 Å². The van der Waals surface area contributed by atoms with Gasteiger partial charge in [-0.2, -0.15) is 12.6 Å². The highest BCUT2D eigenvalue weighted by Gasteiger charge is 2.25. The molecule has 3 heteroatoms. The third kappa shape index (κ3) is 1.44. The number of aldehydes is 1. The number of hydrogen-bond acceptors (Lipinski definition) is 3. The second kappa shape index (κ2) is 3.42. The lowest BCUT2D eigenvalue weighted by Gasteiger charge is -2.27. The van der Waals surface area contributed by atoms with E-state index in [2.05, 4.69) is 17.9 Å². The first-order chi connectivity index (χ1) is 6.33. The fourth-order valence-electron chi connectivity index (χ4n) is 1.66. The van der Waals surface area contributed by atoms with Crippen molar-refractivity contribution in [2.24, 2.45) is 0 Å². The van der Waals surface area contributed by atoms with Crippen LogP contribution in [0.2, 0.25) is 0 Å². The number of para-hydroxylation sites is 1. The summed E-state index contributed by atoms with van der Waals surface area (Å²) in [7, 11) is 0. The van der Waals surface area contributed by atoms with E-state index in [-0.39, 0.29) is 11.2 Å². The molecule has 1 heterocycles. The zero-order valence-electron chi connectivity index (χ0n) is 7.10. The van der Waals surface area contributed by atoms with Crippen molar-refractivity contribution in [3.05, 3.63) is 29.8 Å². The normalized spacial score (nSPS) is 25.9. The van der Waals surface area contributed by atoms with Crippen molar-refractivity contribution in [1.82, 2.24) is 0 Å². The number of thiol groups is 1. The Hall–Kier alpha value is -0.960. The van der Waals surface area contributed by atoms with Gasteiger partial charge in [-0.05, 0) is 11.6 Å². The van der Waals surface area contributed by atoms with E-state index in [1.807, 2.05) is 24.3 Å². The first-order valence-corrected chi connectivity index (χ1v) is 4.80. The van der Waals surface area contributed by atoms with E-state index in [4.69, 9.17) is 0 Å². The smallest absolute Gasteiger partial charge is 0.128 e. The molecule has 1 aromatic carbocycles. The van der Waals surface area contributed by atoms with Crippen molar-refractivity contribution in [1.29, 1.82) is 0 Å². The monoisotopic (exact) mass is 193 g/mol. The Balaban J connectivity index is 2.45. The second-order valence-corrected chi connectivity index (χ2v) is 3.86. The van der Waals surface area contributed by atoms with Crippen LogP contribution < -0.4 is 5.32 Å². The van der Waals surface area contributed by atoms with Gasteiger partial charge in [-0.3, -0.25) is 0 Å². The molecule has 1 aliphatic rings. The van der Waals surface area contributed by atoms with Crippen molar-refractivity contribution in [3.8, 4) is 0 Å². The van der Waals surface area contributed by atoms with E-state index in [1.54, 1.807) is 0 Å². The number of nitrogens with one attached hydrogen (secondary N) is 1. The zero-order chi connectivity index (χ0) is 9.26. The van der Waals surface area contributed by atoms with Crippen LogP contribution >= 0.6 is 12.6 Å². The molecule has 2 unspecified atom stereocenters. The molecule has 1 aromatic rings. The molecule has 1 N–H and O–H groups in total. The van der Waals surface area contributed by atoms with Crippen LogP contribution in [0.1, 0.15) is 11.5 Å².